The molecule has 2 unspecified atom stereocenters. The van der Waals surface area contributed by atoms with Gasteiger partial charge in [-0.1, -0.05) is 6.92 Å². The van der Waals surface area contributed by atoms with Crippen LogP contribution in [0.1, 0.15) is 37.8 Å². The van der Waals surface area contributed by atoms with E-state index in [1.165, 1.54) is 23.4 Å². The summed E-state index contributed by atoms with van der Waals surface area (Å²) in [5.74, 6) is -0.0360. The van der Waals surface area contributed by atoms with E-state index < -0.39 is 22.4 Å². The lowest BCUT2D eigenvalue weighted by atomic mass is 9.95. The zero-order valence-corrected chi connectivity index (χ0v) is 13.5. The number of aliphatic hydroxyl groups is 1. The van der Waals surface area contributed by atoms with Gasteiger partial charge in [0.1, 0.15) is 5.82 Å². The summed E-state index contributed by atoms with van der Waals surface area (Å²) in [5, 5.41) is 9.18. The predicted molar refractivity (Wildman–Crippen MR) is 78.8 cm³/mol. The Bertz CT molecular complexity index is 630. The van der Waals surface area contributed by atoms with Gasteiger partial charge in [-0.3, -0.25) is 0 Å². The number of piperidine rings is 1. The first-order valence-corrected chi connectivity index (χ1v) is 8.63. The van der Waals surface area contributed by atoms with Gasteiger partial charge < -0.3 is 5.11 Å². The van der Waals surface area contributed by atoms with E-state index in [2.05, 4.69) is 6.92 Å². The quantitative estimate of drug-likeness (QED) is 0.932. The molecule has 1 N–H and O–H groups in total. The third-order valence-corrected chi connectivity index (χ3v) is 6.15. The fraction of sp³-hybridized carbons (Fsp3) is 0.600. The lowest BCUT2D eigenvalue weighted by Gasteiger charge is -2.35. The Balaban J connectivity index is 2.42. The van der Waals surface area contributed by atoms with E-state index in [0.717, 1.165) is 12.8 Å². The molecular formula is C15H22FNO3S. The molecule has 0 spiro atoms. The minimum atomic E-state index is -3.65. The fourth-order valence-corrected chi connectivity index (χ4v) is 4.74. The molecule has 2 atom stereocenters. The van der Waals surface area contributed by atoms with Gasteiger partial charge >= 0.3 is 0 Å². The van der Waals surface area contributed by atoms with Gasteiger partial charge in [0.05, 0.1) is 11.5 Å². The van der Waals surface area contributed by atoms with Crippen LogP contribution in [0.4, 0.5) is 4.39 Å². The molecule has 1 aliphatic rings. The first-order chi connectivity index (χ1) is 9.77. The average Bonchev–Trinajstić information content (AvgIpc) is 2.41. The Labute approximate surface area is 125 Å². The number of aryl methyl sites for hydroxylation is 1. The largest absolute Gasteiger partial charge is 0.392 e. The van der Waals surface area contributed by atoms with Crippen LogP contribution in [0.5, 0.6) is 0 Å². The maximum atomic E-state index is 13.8. The second-order valence-corrected chi connectivity index (χ2v) is 7.86. The van der Waals surface area contributed by atoms with Crippen LogP contribution in [-0.2, 0) is 16.6 Å². The van der Waals surface area contributed by atoms with Crippen molar-refractivity contribution in [3.8, 4) is 0 Å². The number of rotatable bonds is 3. The molecule has 1 fully saturated rings. The van der Waals surface area contributed by atoms with E-state index in [9.17, 15) is 17.9 Å². The number of sulfonamides is 1. The van der Waals surface area contributed by atoms with Crippen molar-refractivity contribution in [1.82, 2.24) is 4.31 Å². The Morgan fingerprint density at radius 2 is 2.05 bits per heavy atom. The summed E-state index contributed by atoms with van der Waals surface area (Å²) < 4.78 is 40.8. The first kappa shape index (κ1) is 16.4. The normalized spacial score (nSPS) is 24.2. The topological polar surface area (TPSA) is 57.6 Å². The SMILES string of the molecule is Cc1cc(S(=O)(=O)N2CCC(C)CC2C)cc(CO)c1F. The van der Waals surface area contributed by atoms with Crippen molar-refractivity contribution in [1.29, 1.82) is 0 Å². The van der Waals surface area contributed by atoms with Crippen LogP contribution in [0.15, 0.2) is 17.0 Å². The van der Waals surface area contributed by atoms with Gasteiger partial charge in [0, 0.05) is 18.2 Å². The van der Waals surface area contributed by atoms with Crippen LogP contribution in [0.25, 0.3) is 0 Å². The Morgan fingerprint density at radius 3 is 2.62 bits per heavy atom. The summed E-state index contributed by atoms with van der Waals surface area (Å²) in [4.78, 5) is 0.0619. The number of nitrogens with zero attached hydrogens (tertiary/aromatic N) is 1. The van der Waals surface area contributed by atoms with Gasteiger partial charge in [0.25, 0.3) is 0 Å². The van der Waals surface area contributed by atoms with Crippen molar-refractivity contribution in [2.45, 2.75) is 51.2 Å². The molecule has 0 bridgehead atoms. The molecule has 118 valence electrons. The lowest BCUT2D eigenvalue weighted by molar-refractivity contribution is 0.220. The van der Waals surface area contributed by atoms with Gasteiger partial charge in [-0.15, -0.1) is 0 Å². The van der Waals surface area contributed by atoms with Crippen molar-refractivity contribution < 1.29 is 17.9 Å². The molecule has 1 aliphatic heterocycles. The number of hydrogen-bond acceptors (Lipinski definition) is 3. The lowest BCUT2D eigenvalue weighted by Crippen LogP contribution is -2.44. The number of halogens is 1. The summed E-state index contributed by atoms with van der Waals surface area (Å²) in [5.41, 5.74) is 0.254. The molecule has 4 nitrogen and oxygen atoms in total. The predicted octanol–water partition coefficient (Wildman–Crippen LogP) is 2.44. The molecule has 0 aromatic heterocycles. The summed E-state index contributed by atoms with van der Waals surface area (Å²) in [6.07, 6.45) is 1.66. The average molecular weight is 315 g/mol. The molecule has 21 heavy (non-hydrogen) atoms. The van der Waals surface area contributed by atoms with E-state index in [4.69, 9.17) is 0 Å². The second-order valence-electron chi connectivity index (χ2n) is 5.97. The zero-order valence-electron chi connectivity index (χ0n) is 12.6. The number of aliphatic hydroxyl groups excluding tert-OH is 1. The van der Waals surface area contributed by atoms with Crippen LogP contribution in [0.3, 0.4) is 0 Å². The standard InChI is InChI=1S/C15H22FNO3S/c1-10-4-5-17(12(3)6-10)21(19,20)14-7-11(2)15(16)13(8-14)9-18/h7-8,10,12,18H,4-6,9H2,1-3H3. The van der Waals surface area contributed by atoms with Crippen molar-refractivity contribution in [2.24, 2.45) is 5.92 Å². The van der Waals surface area contributed by atoms with E-state index in [0.29, 0.717) is 12.5 Å². The molecule has 0 saturated carbocycles. The highest BCUT2D eigenvalue weighted by Crippen LogP contribution is 2.29. The summed E-state index contributed by atoms with van der Waals surface area (Å²) in [6.45, 7) is 5.50. The molecule has 1 aromatic rings. The van der Waals surface area contributed by atoms with Crippen molar-refractivity contribution in [3.05, 3.63) is 29.1 Å². The van der Waals surface area contributed by atoms with Crippen LogP contribution in [0.2, 0.25) is 0 Å². The molecular weight excluding hydrogens is 293 g/mol. The minimum Gasteiger partial charge on any atom is -0.392 e. The second kappa shape index (κ2) is 6.02. The molecule has 0 amide bonds. The third kappa shape index (κ3) is 3.12. The van der Waals surface area contributed by atoms with E-state index in [-0.39, 0.29) is 22.1 Å². The highest BCUT2D eigenvalue weighted by molar-refractivity contribution is 7.89. The van der Waals surface area contributed by atoms with Crippen LogP contribution < -0.4 is 0 Å². The number of hydrogen-bond donors (Lipinski definition) is 1. The monoisotopic (exact) mass is 315 g/mol. The Hall–Kier alpha value is -0.980. The summed E-state index contributed by atoms with van der Waals surface area (Å²) in [7, 11) is -3.65. The van der Waals surface area contributed by atoms with Crippen molar-refractivity contribution in [3.63, 3.8) is 0 Å². The van der Waals surface area contributed by atoms with Crippen molar-refractivity contribution >= 4 is 10.0 Å². The van der Waals surface area contributed by atoms with E-state index in [1.54, 1.807) is 0 Å². The van der Waals surface area contributed by atoms with Gasteiger partial charge in [0.2, 0.25) is 10.0 Å². The molecule has 0 aliphatic carbocycles. The Morgan fingerprint density at radius 1 is 1.38 bits per heavy atom. The summed E-state index contributed by atoms with van der Waals surface area (Å²) >= 11 is 0. The highest BCUT2D eigenvalue weighted by atomic mass is 32.2. The molecule has 1 heterocycles. The first-order valence-electron chi connectivity index (χ1n) is 7.19. The fourth-order valence-electron chi connectivity index (χ4n) is 2.95. The van der Waals surface area contributed by atoms with Gasteiger partial charge in [-0.05, 0) is 50.3 Å². The van der Waals surface area contributed by atoms with Crippen molar-refractivity contribution in [2.75, 3.05) is 6.54 Å². The van der Waals surface area contributed by atoms with Gasteiger partial charge in [-0.25, -0.2) is 12.8 Å². The zero-order chi connectivity index (χ0) is 15.8. The molecule has 1 saturated heterocycles. The van der Waals surface area contributed by atoms with E-state index >= 15 is 0 Å². The van der Waals surface area contributed by atoms with Gasteiger partial charge in [-0.2, -0.15) is 4.31 Å². The molecule has 6 heteroatoms. The molecule has 1 aromatic carbocycles. The van der Waals surface area contributed by atoms with Crippen LogP contribution in [-0.4, -0.2) is 30.4 Å². The molecule has 2 rings (SSSR count). The maximum Gasteiger partial charge on any atom is 0.243 e. The smallest absolute Gasteiger partial charge is 0.243 e. The summed E-state index contributed by atoms with van der Waals surface area (Å²) in [6, 6.07) is 2.51. The van der Waals surface area contributed by atoms with E-state index in [1.807, 2.05) is 6.92 Å². The maximum absolute atomic E-state index is 13.8. The highest BCUT2D eigenvalue weighted by Gasteiger charge is 2.33. The molecule has 0 radical (unpaired) electrons. The third-order valence-electron chi connectivity index (χ3n) is 4.16. The number of benzene rings is 1. The van der Waals surface area contributed by atoms with Gasteiger partial charge in [0.15, 0.2) is 0 Å². The minimum absolute atomic E-state index is 0.0200. The Kier molecular flexibility index (Phi) is 4.70. The van der Waals surface area contributed by atoms with Crippen LogP contribution in [0, 0.1) is 18.7 Å². The van der Waals surface area contributed by atoms with Crippen LogP contribution >= 0.6 is 0 Å².